The van der Waals surface area contributed by atoms with Gasteiger partial charge >= 0.3 is 6.03 Å². The molecule has 2 aromatic heterocycles. The van der Waals surface area contributed by atoms with Crippen LogP contribution in [-0.2, 0) is 13.0 Å². The van der Waals surface area contributed by atoms with E-state index in [0.717, 1.165) is 12.0 Å². The first kappa shape index (κ1) is 23.4. The maximum Gasteiger partial charge on any atom is 0.323 e. The number of amides is 3. The van der Waals surface area contributed by atoms with E-state index in [1.807, 2.05) is 18.2 Å². The Hall–Kier alpha value is -3.72. The number of hydrogen-bond donors (Lipinski definition) is 1. The Labute approximate surface area is 202 Å². The van der Waals surface area contributed by atoms with Crippen molar-refractivity contribution in [2.75, 3.05) is 31.5 Å². The average molecular weight is 481 g/mol. The lowest BCUT2D eigenvalue weighted by Gasteiger charge is -2.34. The summed E-state index contributed by atoms with van der Waals surface area (Å²) < 4.78 is 5.86. The zero-order valence-electron chi connectivity index (χ0n) is 18.8. The Morgan fingerprint density at radius 2 is 1.68 bits per heavy atom. The van der Waals surface area contributed by atoms with Crippen molar-refractivity contribution < 1.29 is 14.3 Å². The van der Waals surface area contributed by atoms with Crippen LogP contribution in [0.15, 0.2) is 55.0 Å². The molecule has 9 nitrogen and oxygen atoms in total. The van der Waals surface area contributed by atoms with Gasteiger partial charge in [0.05, 0.1) is 0 Å². The number of ether oxygens (including phenoxy) is 1. The number of halogens is 1. The minimum Gasteiger partial charge on any atom is -0.473 e. The zero-order chi connectivity index (χ0) is 23.9. The molecule has 10 heteroatoms. The molecular formula is C24H25ClN6O3. The van der Waals surface area contributed by atoms with Crippen molar-refractivity contribution in [3.05, 3.63) is 76.8 Å². The van der Waals surface area contributed by atoms with Gasteiger partial charge in [0.1, 0.15) is 6.61 Å². The lowest BCUT2D eigenvalue weighted by Crippen LogP contribution is -2.51. The first-order chi connectivity index (χ1) is 16.5. The number of aryl methyl sites for hydroxylation is 1. The lowest BCUT2D eigenvalue weighted by molar-refractivity contribution is 0.0671. The van der Waals surface area contributed by atoms with Crippen LogP contribution < -0.4 is 10.1 Å². The normalized spacial score (nSPS) is 13.5. The number of urea groups is 1. The highest BCUT2D eigenvalue weighted by Crippen LogP contribution is 2.18. The van der Waals surface area contributed by atoms with Crippen LogP contribution in [0.5, 0.6) is 5.88 Å². The van der Waals surface area contributed by atoms with Gasteiger partial charge in [0.2, 0.25) is 5.88 Å². The van der Waals surface area contributed by atoms with Gasteiger partial charge in [-0.05, 0) is 23.6 Å². The smallest absolute Gasteiger partial charge is 0.323 e. The molecule has 0 bridgehead atoms. The lowest BCUT2D eigenvalue weighted by atomic mass is 10.1. The fraction of sp³-hybridized carbons (Fsp3) is 0.292. The van der Waals surface area contributed by atoms with Gasteiger partial charge in [-0.1, -0.05) is 42.8 Å². The summed E-state index contributed by atoms with van der Waals surface area (Å²) in [7, 11) is 0. The number of rotatable bonds is 6. The van der Waals surface area contributed by atoms with Crippen molar-refractivity contribution in [2.45, 2.75) is 20.0 Å². The SMILES string of the molecule is CCc1ccccc1COc1cc(C(=O)N2CCN(C(=O)Nc3nccnc3Cl)CC2)ccn1. The predicted octanol–water partition coefficient (Wildman–Crippen LogP) is 3.66. The summed E-state index contributed by atoms with van der Waals surface area (Å²) >= 11 is 5.95. The van der Waals surface area contributed by atoms with Crippen molar-refractivity contribution in [1.82, 2.24) is 24.8 Å². The van der Waals surface area contributed by atoms with Crippen LogP contribution in [0.1, 0.15) is 28.4 Å². The highest BCUT2D eigenvalue weighted by atomic mass is 35.5. The molecule has 1 aliphatic heterocycles. The monoisotopic (exact) mass is 480 g/mol. The van der Waals surface area contributed by atoms with Gasteiger partial charge in [-0.3, -0.25) is 10.1 Å². The number of anilines is 1. The van der Waals surface area contributed by atoms with Crippen molar-refractivity contribution in [3.63, 3.8) is 0 Å². The Balaban J connectivity index is 1.32. The third-order valence-corrected chi connectivity index (χ3v) is 5.87. The molecule has 34 heavy (non-hydrogen) atoms. The Kier molecular flexibility index (Phi) is 7.54. The van der Waals surface area contributed by atoms with E-state index in [4.69, 9.17) is 16.3 Å². The average Bonchev–Trinajstić information content (AvgIpc) is 2.88. The molecule has 1 saturated heterocycles. The molecule has 4 rings (SSSR count). The molecule has 1 aromatic carbocycles. The second-order valence-corrected chi connectivity index (χ2v) is 8.06. The fourth-order valence-corrected chi connectivity index (χ4v) is 3.85. The molecule has 1 fully saturated rings. The number of nitrogens with zero attached hydrogens (tertiary/aromatic N) is 5. The van der Waals surface area contributed by atoms with Gasteiger partial charge in [0.25, 0.3) is 5.91 Å². The van der Waals surface area contributed by atoms with Gasteiger partial charge in [0, 0.05) is 56.4 Å². The van der Waals surface area contributed by atoms with E-state index in [1.165, 1.54) is 18.0 Å². The van der Waals surface area contributed by atoms with E-state index in [-0.39, 0.29) is 22.9 Å². The summed E-state index contributed by atoms with van der Waals surface area (Å²) in [6.45, 7) is 4.07. The first-order valence-electron chi connectivity index (χ1n) is 11.0. The molecule has 3 amide bonds. The van der Waals surface area contributed by atoms with Crippen LogP contribution >= 0.6 is 11.6 Å². The molecule has 0 radical (unpaired) electrons. The van der Waals surface area contributed by atoms with Crippen molar-refractivity contribution in [3.8, 4) is 5.88 Å². The molecule has 1 aliphatic rings. The highest BCUT2D eigenvalue weighted by Gasteiger charge is 2.26. The van der Waals surface area contributed by atoms with Crippen molar-refractivity contribution >= 4 is 29.4 Å². The molecule has 1 N–H and O–H groups in total. The van der Waals surface area contributed by atoms with E-state index >= 15 is 0 Å². The van der Waals surface area contributed by atoms with E-state index in [2.05, 4.69) is 33.3 Å². The third-order valence-electron chi connectivity index (χ3n) is 5.59. The molecule has 0 atom stereocenters. The fourth-order valence-electron chi connectivity index (χ4n) is 3.70. The second kappa shape index (κ2) is 10.9. The van der Waals surface area contributed by atoms with Gasteiger partial charge in [0.15, 0.2) is 11.0 Å². The predicted molar refractivity (Wildman–Crippen MR) is 128 cm³/mol. The number of carbonyl (C=O) groups excluding carboxylic acids is 2. The van der Waals surface area contributed by atoms with Crippen molar-refractivity contribution in [1.29, 1.82) is 0 Å². The second-order valence-electron chi connectivity index (χ2n) is 7.70. The van der Waals surface area contributed by atoms with Gasteiger partial charge in [-0.2, -0.15) is 0 Å². The van der Waals surface area contributed by atoms with Crippen LogP contribution in [0.4, 0.5) is 10.6 Å². The van der Waals surface area contributed by atoms with E-state index in [9.17, 15) is 9.59 Å². The maximum absolute atomic E-state index is 13.0. The number of nitrogens with one attached hydrogen (secondary N) is 1. The number of pyridine rings is 1. The summed E-state index contributed by atoms with van der Waals surface area (Å²) in [6, 6.07) is 11.1. The van der Waals surface area contributed by atoms with Gasteiger partial charge < -0.3 is 14.5 Å². The Bertz CT molecular complexity index is 1170. The summed E-state index contributed by atoms with van der Waals surface area (Å²) in [6.07, 6.45) is 5.39. The largest absolute Gasteiger partial charge is 0.473 e. The molecule has 0 spiro atoms. The molecular weight excluding hydrogens is 456 g/mol. The van der Waals surface area contributed by atoms with E-state index in [0.29, 0.717) is 44.2 Å². The molecule has 0 saturated carbocycles. The highest BCUT2D eigenvalue weighted by molar-refractivity contribution is 6.32. The zero-order valence-corrected chi connectivity index (χ0v) is 19.5. The number of hydrogen-bond acceptors (Lipinski definition) is 6. The van der Waals surface area contributed by atoms with E-state index < -0.39 is 0 Å². The van der Waals surface area contributed by atoms with Gasteiger partial charge in [-0.25, -0.2) is 19.7 Å². The minimum absolute atomic E-state index is 0.124. The van der Waals surface area contributed by atoms with Crippen LogP contribution in [-0.4, -0.2) is 62.9 Å². The molecule has 0 unspecified atom stereocenters. The number of benzene rings is 1. The minimum atomic E-state index is -0.332. The number of aromatic nitrogens is 3. The van der Waals surface area contributed by atoms with Crippen LogP contribution in [0.2, 0.25) is 5.15 Å². The standard InChI is InChI=1S/C24H25ClN6O3/c1-2-17-5-3-4-6-19(17)16-34-20-15-18(7-8-26-20)23(32)30-11-13-31(14-12-30)24(33)29-22-21(25)27-9-10-28-22/h3-10,15H,2,11-14,16H2,1H3,(H,28,29,33). The topological polar surface area (TPSA) is 101 Å². The first-order valence-corrected chi connectivity index (χ1v) is 11.4. The molecule has 3 heterocycles. The van der Waals surface area contributed by atoms with Gasteiger partial charge in [-0.15, -0.1) is 0 Å². The molecule has 0 aliphatic carbocycles. The van der Waals surface area contributed by atoms with Crippen molar-refractivity contribution in [2.24, 2.45) is 0 Å². The number of carbonyl (C=O) groups is 2. The summed E-state index contributed by atoms with van der Waals surface area (Å²) in [4.78, 5) is 41.0. The number of piperazine rings is 1. The summed E-state index contributed by atoms with van der Waals surface area (Å²) in [5.41, 5.74) is 2.82. The van der Waals surface area contributed by atoms with Crippen LogP contribution in [0.3, 0.4) is 0 Å². The van der Waals surface area contributed by atoms with E-state index in [1.54, 1.807) is 28.1 Å². The molecule has 176 valence electrons. The van der Waals surface area contributed by atoms with Crippen LogP contribution in [0, 0.1) is 0 Å². The summed E-state index contributed by atoms with van der Waals surface area (Å²) in [5.74, 6) is 0.479. The Morgan fingerprint density at radius 1 is 0.971 bits per heavy atom. The maximum atomic E-state index is 13.0. The quantitative estimate of drug-likeness (QED) is 0.578. The Morgan fingerprint density at radius 3 is 2.41 bits per heavy atom. The summed E-state index contributed by atoms with van der Waals surface area (Å²) in [5, 5.41) is 2.78. The van der Waals surface area contributed by atoms with Crippen LogP contribution in [0.25, 0.3) is 0 Å². The third kappa shape index (κ3) is 5.60. The molecule has 3 aromatic rings.